The molecule has 0 saturated heterocycles. The fourth-order valence-electron chi connectivity index (χ4n) is 10.6. The molecule has 2 atom stereocenters. The van der Waals surface area contributed by atoms with Gasteiger partial charge in [-0.3, -0.25) is 19.2 Å². The Kier molecular flexibility index (Phi) is 22.4. The molecule has 9 aromatic rings. The number of hydrogen-bond acceptors (Lipinski definition) is 14. The normalized spacial score (nSPS) is 13.4. The van der Waals surface area contributed by atoms with Gasteiger partial charge in [-0.2, -0.15) is 0 Å². The van der Waals surface area contributed by atoms with Crippen molar-refractivity contribution in [2.45, 2.75) is 67.3 Å². The molecule has 2 aliphatic rings. The number of rotatable bonds is 16. The van der Waals surface area contributed by atoms with Gasteiger partial charge < -0.3 is 44.6 Å². The van der Waals surface area contributed by atoms with Gasteiger partial charge in [-0.15, -0.1) is 0 Å². The van der Waals surface area contributed by atoms with Gasteiger partial charge in [-0.25, -0.2) is 26.4 Å². The molecular formula is C65H55Cl4N4NaO15S2. The average molecular weight is 1360 g/mol. The standard InChI is InChI=1S/C36H30Cl2N2O7S.C29H24Cl2N2O7S.Na.H2O/c1-48(44,45)27-9-5-8-23(16-27)17-30(36(43)47-21-22-6-3-2-4-7-22)39-34(41)32-29(37)18-26-20-40(14-12-28(26)33(32)38)35(42)25-11-10-24-13-15-46-31(24)19-25;1-41(38,39)20-4-2-3-16(11-20)12-23(29(36)37)32-27(34)25-22(30)13-19-15-33(9-7-21(19)26(25)31)28(35)18-6-5-17-8-10-40-24(17)14-18;;/h2-11,13,15-16,18-19,30H,12,14,17,20-21H2,1H3,(H,39,41);2-6,8,10-11,13-14,23H,7,9,12,15H2,1H3,(H,32,34)(H,36,37);;1H2/q;;+1;/p-1/t30-;23-;;/m00../s1. The van der Waals surface area contributed by atoms with Gasteiger partial charge in [-0.1, -0.05) is 113 Å². The van der Waals surface area contributed by atoms with Crippen LogP contribution in [0.4, 0.5) is 0 Å². The fourth-order valence-corrected chi connectivity index (χ4v) is 13.5. The van der Waals surface area contributed by atoms with E-state index in [1.54, 1.807) is 89.1 Å². The summed E-state index contributed by atoms with van der Waals surface area (Å²) in [6.45, 7) is 1.13. The Balaban J connectivity index is 0.000000232. The van der Waals surface area contributed by atoms with Crippen molar-refractivity contribution < 1.29 is 99.3 Å². The van der Waals surface area contributed by atoms with Gasteiger partial charge in [0, 0.05) is 73.4 Å². The van der Waals surface area contributed by atoms with Crippen molar-refractivity contribution in [1.29, 1.82) is 0 Å². The zero-order chi connectivity index (χ0) is 63.5. The Hall–Kier alpha value is -7.54. The second kappa shape index (κ2) is 29.4. The minimum absolute atomic E-state index is 0. The van der Waals surface area contributed by atoms with Crippen LogP contribution in [0.2, 0.25) is 20.1 Å². The Morgan fingerprint density at radius 2 is 0.989 bits per heavy atom. The molecule has 0 spiro atoms. The van der Waals surface area contributed by atoms with Gasteiger partial charge in [0.15, 0.2) is 19.7 Å². The fraction of sp³-hybridized carbons (Fsp3) is 0.200. The Morgan fingerprint density at radius 1 is 0.560 bits per heavy atom. The quantitative estimate of drug-likeness (QED) is 0.0610. The zero-order valence-corrected chi connectivity index (χ0v) is 55.5. The van der Waals surface area contributed by atoms with E-state index in [1.165, 1.54) is 30.3 Å². The number of aliphatic carboxylic acids is 1. The maximum Gasteiger partial charge on any atom is 1.00 e. The van der Waals surface area contributed by atoms with Crippen molar-refractivity contribution in [3.05, 3.63) is 233 Å². The molecule has 4 N–H and O–H groups in total. The summed E-state index contributed by atoms with van der Waals surface area (Å²) in [7, 11) is -7.01. The second-order valence-electron chi connectivity index (χ2n) is 21.4. The van der Waals surface area contributed by atoms with E-state index in [1.807, 2.05) is 42.5 Å². The first-order chi connectivity index (χ1) is 42.4. The number of nitrogens with zero attached hydrogens (tertiary/aromatic N) is 2. The number of nitrogens with one attached hydrogen (secondary N) is 2. The van der Waals surface area contributed by atoms with Crippen LogP contribution in [0.5, 0.6) is 0 Å². The van der Waals surface area contributed by atoms with Crippen LogP contribution in [0.25, 0.3) is 21.9 Å². The van der Waals surface area contributed by atoms with Crippen LogP contribution in [-0.2, 0) is 79.4 Å². The first kappa shape index (κ1) is 69.4. The number of ether oxygens (including phenoxy) is 1. The molecule has 7 aromatic carbocycles. The summed E-state index contributed by atoms with van der Waals surface area (Å²) in [5, 5.41) is 17.0. The average Bonchev–Trinajstić information content (AvgIpc) is 1.46. The number of carboxylic acid groups (broad SMARTS) is 1. The molecule has 2 aromatic heterocycles. The SMILES string of the molecule is CS(=O)(=O)c1cccc(C[C@H](NC(=O)c2c(Cl)cc3c(c2Cl)CCN(C(=O)c2ccc4ccoc4c2)C3)C(=O)O)c1.CS(=O)(=O)c1cccc(C[C@H](NC(=O)c2c(Cl)cc3c(c2Cl)CCN(C(=O)c2ccc4ccoc4c2)C3)C(=O)OCc2ccccc2)c1.[Na+].[OH-]. The number of fused-ring (bicyclic) bond motifs is 4. The molecule has 0 saturated carbocycles. The monoisotopic (exact) mass is 1360 g/mol. The summed E-state index contributed by atoms with van der Waals surface area (Å²) in [4.78, 5) is 82.4. The third kappa shape index (κ3) is 16.2. The number of furan rings is 2. The van der Waals surface area contributed by atoms with Gasteiger partial charge in [-0.05, 0) is 125 Å². The smallest absolute Gasteiger partial charge is 0.870 e. The van der Waals surface area contributed by atoms with Crippen LogP contribution < -0.4 is 40.2 Å². The van der Waals surface area contributed by atoms with E-state index < -0.39 is 55.5 Å². The van der Waals surface area contributed by atoms with E-state index in [9.17, 15) is 50.7 Å². The molecule has 0 radical (unpaired) electrons. The van der Waals surface area contributed by atoms with Crippen molar-refractivity contribution in [1.82, 2.24) is 20.4 Å². The van der Waals surface area contributed by atoms with E-state index in [-0.39, 0.29) is 120 Å². The number of carbonyl (C=O) groups excluding carboxylic acids is 5. The van der Waals surface area contributed by atoms with Crippen LogP contribution >= 0.6 is 46.4 Å². The molecule has 466 valence electrons. The zero-order valence-electron chi connectivity index (χ0n) is 48.9. The van der Waals surface area contributed by atoms with Crippen LogP contribution in [0.1, 0.15) is 80.4 Å². The molecule has 11 rings (SSSR count). The number of halogens is 4. The van der Waals surface area contributed by atoms with Crippen molar-refractivity contribution in [2.75, 3.05) is 25.6 Å². The van der Waals surface area contributed by atoms with Gasteiger partial charge in [0.1, 0.15) is 29.9 Å². The summed E-state index contributed by atoms with van der Waals surface area (Å²) in [5.74, 6) is -3.87. The molecular weight excluding hydrogens is 1310 g/mol. The molecule has 0 unspecified atom stereocenters. The number of sulfone groups is 2. The van der Waals surface area contributed by atoms with Gasteiger partial charge in [0.2, 0.25) is 0 Å². The molecule has 0 fully saturated rings. The Bertz CT molecular complexity index is 4550. The molecule has 2 aliphatic heterocycles. The van der Waals surface area contributed by atoms with E-state index in [2.05, 4.69) is 10.6 Å². The van der Waals surface area contributed by atoms with Gasteiger partial charge >= 0.3 is 41.5 Å². The van der Waals surface area contributed by atoms with Gasteiger partial charge in [0.05, 0.1) is 53.5 Å². The van der Waals surface area contributed by atoms with E-state index in [4.69, 9.17) is 60.0 Å². The molecule has 19 nitrogen and oxygen atoms in total. The van der Waals surface area contributed by atoms with Crippen LogP contribution in [0.15, 0.2) is 171 Å². The molecule has 91 heavy (non-hydrogen) atoms. The summed E-state index contributed by atoms with van der Waals surface area (Å²) in [6, 6.07) is 35.9. The van der Waals surface area contributed by atoms with Crippen molar-refractivity contribution in [3.63, 3.8) is 0 Å². The maximum absolute atomic E-state index is 13.8. The third-order valence-electron chi connectivity index (χ3n) is 15.2. The van der Waals surface area contributed by atoms with Gasteiger partial charge in [0.25, 0.3) is 23.6 Å². The van der Waals surface area contributed by atoms with Crippen molar-refractivity contribution >= 4 is 124 Å². The molecule has 26 heteroatoms. The Labute approximate surface area is 565 Å². The molecule has 4 heterocycles. The number of carboxylic acids is 1. The molecule has 0 bridgehead atoms. The number of benzene rings is 7. The summed E-state index contributed by atoms with van der Waals surface area (Å²) < 4.78 is 64.5. The predicted molar refractivity (Wildman–Crippen MR) is 337 cm³/mol. The first-order valence-corrected chi connectivity index (χ1v) is 32.8. The summed E-state index contributed by atoms with van der Waals surface area (Å²) >= 11 is 26.6. The summed E-state index contributed by atoms with van der Waals surface area (Å²) in [5.41, 5.74) is 6.51. The predicted octanol–water partition coefficient (Wildman–Crippen LogP) is 8.02. The first-order valence-electron chi connectivity index (χ1n) is 27.6. The molecule has 0 aliphatic carbocycles. The van der Waals surface area contributed by atoms with Crippen LogP contribution in [-0.4, -0.2) is 110 Å². The minimum Gasteiger partial charge on any atom is -0.870 e. The number of hydrogen-bond donors (Lipinski definition) is 3. The van der Waals surface area contributed by atoms with E-state index >= 15 is 0 Å². The third-order valence-corrected chi connectivity index (χ3v) is 18.8. The number of amides is 4. The summed E-state index contributed by atoms with van der Waals surface area (Å²) in [6.07, 6.45) is 5.80. The van der Waals surface area contributed by atoms with E-state index in [0.29, 0.717) is 81.6 Å². The number of esters is 1. The molecule has 4 amide bonds. The maximum atomic E-state index is 13.8. The minimum atomic E-state index is -3.51. The largest absolute Gasteiger partial charge is 1.00 e. The van der Waals surface area contributed by atoms with Crippen molar-refractivity contribution in [3.8, 4) is 0 Å². The van der Waals surface area contributed by atoms with Crippen LogP contribution in [0.3, 0.4) is 0 Å². The van der Waals surface area contributed by atoms with Crippen molar-refractivity contribution in [2.24, 2.45) is 0 Å². The topological polar surface area (TPSA) is 287 Å². The van der Waals surface area contributed by atoms with Crippen LogP contribution in [0, 0.1) is 0 Å². The Morgan fingerprint density at radius 3 is 1.43 bits per heavy atom. The number of carbonyl (C=O) groups is 6. The van der Waals surface area contributed by atoms with E-state index in [0.717, 1.165) is 28.8 Å². The second-order valence-corrected chi connectivity index (χ2v) is 27.0.